The minimum absolute atomic E-state index is 0.0538. The summed E-state index contributed by atoms with van der Waals surface area (Å²) in [5.74, 6) is -0.274. The molecule has 1 aliphatic heterocycles. The lowest BCUT2D eigenvalue weighted by Crippen LogP contribution is -2.39. The fraction of sp³-hybridized carbons (Fsp3) is 0.174. The van der Waals surface area contributed by atoms with E-state index >= 15 is 0 Å². The van der Waals surface area contributed by atoms with Crippen LogP contribution < -0.4 is 19.6 Å². The van der Waals surface area contributed by atoms with Crippen LogP contribution in [0.15, 0.2) is 69.6 Å². The molecule has 158 valence electrons. The Bertz CT molecular complexity index is 1370. The number of aromatic nitrogens is 1. The molecule has 1 N–H and O–H groups in total. The number of allylic oxidation sites excluding steroid dienone is 1. The maximum atomic E-state index is 13.4. The molecule has 3 aromatic rings. The molecule has 1 atom stereocenters. The van der Waals surface area contributed by atoms with E-state index in [1.807, 2.05) is 30.3 Å². The third-order valence-corrected chi connectivity index (χ3v) is 6.06. The van der Waals surface area contributed by atoms with Crippen LogP contribution in [0, 0.1) is 0 Å². The first kappa shape index (κ1) is 20.6. The molecule has 31 heavy (non-hydrogen) atoms. The fourth-order valence-corrected chi connectivity index (χ4v) is 4.64. The Hall–Kier alpha value is -3.65. The summed E-state index contributed by atoms with van der Waals surface area (Å²) in [6, 6.07) is 13.7. The second kappa shape index (κ2) is 8.23. The zero-order chi connectivity index (χ0) is 22.1. The minimum atomic E-state index is -0.661. The van der Waals surface area contributed by atoms with Gasteiger partial charge < -0.3 is 14.6 Å². The Balaban J connectivity index is 1.98. The smallest absolute Gasteiger partial charge is 0.338 e. The van der Waals surface area contributed by atoms with Crippen molar-refractivity contribution < 1.29 is 19.4 Å². The lowest BCUT2D eigenvalue weighted by atomic mass is 9.96. The Morgan fingerprint density at radius 3 is 2.58 bits per heavy atom. The summed E-state index contributed by atoms with van der Waals surface area (Å²) in [4.78, 5) is 31.0. The van der Waals surface area contributed by atoms with Crippen LogP contribution in [0.2, 0.25) is 0 Å². The maximum absolute atomic E-state index is 13.4. The van der Waals surface area contributed by atoms with Crippen molar-refractivity contribution in [3.63, 3.8) is 0 Å². The van der Waals surface area contributed by atoms with Gasteiger partial charge in [0.15, 0.2) is 16.3 Å². The molecule has 0 unspecified atom stereocenters. The molecule has 1 aliphatic rings. The number of carbonyl (C=O) groups is 1. The number of nitrogens with zero attached hydrogens (tertiary/aromatic N) is 2. The number of benzene rings is 2. The van der Waals surface area contributed by atoms with Crippen molar-refractivity contribution >= 4 is 23.4 Å². The number of fused-ring (bicyclic) bond motifs is 1. The topological polar surface area (TPSA) is 90.1 Å². The van der Waals surface area contributed by atoms with E-state index in [1.165, 1.54) is 30.1 Å². The van der Waals surface area contributed by atoms with Gasteiger partial charge in [0, 0.05) is 5.56 Å². The summed E-state index contributed by atoms with van der Waals surface area (Å²) in [7, 11) is 2.77. The van der Waals surface area contributed by atoms with Gasteiger partial charge in [-0.15, -0.1) is 0 Å². The van der Waals surface area contributed by atoms with Gasteiger partial charge in [-0.2, -0.15) is 0 Å². The number of hydrogen-bond donors (Lipinski definition) is 1. The first-order chi connectivity index (χ1) is 15.0. The number of esters is 1. The average molecular weight is 436 g/mol. The molecule has 0 amide bonds. The van der Waals surface area contributed by atoms with E-state index in [0.717, 1.165) is 5.56 Å². The summed E-state index contributed by atoms with van der Waals surface area (Å²) in [5.41, 5.74) is 1.72. The van der Waals surface area contributed by atoms with E-state index in [2.05, 4.69) is 4.99 Å². The molecule has 0 bridgehead atoms. The standard InChI is InChI=1S/C23H20N2O5S/c1-13-18(22(28)30-3)19(14-8-5-4-6-9-14)25-21(27)17(31-23(25)24-13)12-15-10-7-11-16(29-2)20(15)26/h4-12,19,26H,1-3H3/b17-12-/t19-/m0/s1. The number of ether oxygens (including phenoxy) is 2. The van der Waals surface area contributed by atoms with E-state index in [4.69, 9.17) is 9.47 Å². The molecule has 0 fully saturated rings. The summed E-state index contributed by atoms with van der Waals surface area (Å²) in [6.07, 6.45) is 1.60. The number of carbonyl (C=O) groups excluding carboxylic acids is 1. The van der Waals surface area contributed by atoms with Gasteiger partial charge in [-0.25, -0.2) is 9.79 Å². The average Bonchev–Trinajstić information content (AvgIpc) is 3.09. The number of hydrogen-bond acceptors (Lipinski definition) is 7. The number of phenolic OH excluding ortho intramolecular Hbond substituents is 1. The molecule has 0 radical (unpaired) electrons. The van der Waals surface area contributed by atoms with Crippen LogP contribution in [0.3, 0.4) is 0 Å². The zero-order valence-electron chi connectivity index (χ0n) is 17.2. The summed E-state index contributed by atoms with van der Waals surface area (Å²) in [5, 5.41) is 10.4. The fourth-order valence-electron chi connectivity index (χ4n) is 3.61. The van der Waals surface area contributed by atoms with Crippen LogP contribution in [-0.4, -0.2) is 29.9 Å². The predicted octanol–water partition coefficient (Wildman–Crippen LogP) is 2.12. The second-order valence-electron chi connectivity index (χ2n) is 6.88. The first-order valence-corrected chi connectivity index (χ1v) is 10.3. The van der Waals surface area contributed by atoms with Crippen molar-refractivity contribution in [1.82, 2.24) is 4.57 Å². The van der Waals surface area contributed by atoms with E-state index in [9.17, 15) is 14.7 Å². The van der Waals surface area contributed by atoms with Gasteiger partial charge in [0.05, 0.1) is 36.1 Å². The third-order valence-electron chi connectivity index (χ3n) is 5.08. The third kappa shape index (κ3) is 3.55. The largest absolute Gasteiger partial charge is 0.504 e. The number of phenols is 1. The summed E-state index contributed by atoms with van der Waals surface area (Å²) < 4.78 is 12.0. The summed E-state index contributed by atoms with van der Waals surface area (Å²) >= 11 is 1.19. The van der Waals surface area contributed by atoms with Crippen LogP contribution in [0.4, 0.5) is 0 Å². The van der Waals surface area contributed by atoms with Gasteiger partial charge in [-0.05, 0) is 24.6 Å². The van der Waals surface area contributed by atoms with Crippen LogP contribution in [0.25, 0.3) is 6.08 Å². The molecule has 1 aromatic heterocycles. The number of methoxy groups -OCH3 is 2. The van der Waals surface area contributed by atoms with Crippen molar-refractivity contribution in [2.45, 2.75) is 13.0 Å². The molecule has 0 aliphatic carbocycles. The van der Waals surface area contributed by atoms with Crippen molar-refractivity contribution in [3.8, 4) is 11.5 Å². The Morgan fingerprint density at radius 1 is 1.16 bits per heavy atom. The van der Waals surface area contributed by atoms with Crippen molar-refractivity contribution in [2.24, 2.45) is 4.99 Å². The summed E-state index contributed by atoms with van der Waals surface area (Å²) in [6.45, 7) is 1.73. The number of aromatic hydroxyl groups is 1. The van der Waals surface area contributed by atoms with Gasteiger partial charge in [-0.1, -0.05) is 53.8 Å². The lowest BCUT2D eigenvalue weighted by Gasteiger charge is -2.24. The van der Waals surface area contributed by atoms with Gasteiger partial charge >= 0.3 is 5.97 Å². The van der Waals surface area contributed by atoms with Crippen LogP contribution in [-0.2, 0) is 9.53 Å². The van der Waals surface area contributed by atoms with Crippen LogP contribution in [0.1, 0.15) is 24.1 Å². The highest BCUT2D eigenvalue weighted by molar-refractivity contribution is 7.07. The Morgan fingerprint density at radius 2 is 1.90 bits per heavy atom. The molecule has 8 heteroatoms. The molecule has 0 saturated heterocycles. The van der Waals surface area contributed by atoms with Gasteiger partial charge in [0.2, 0.25) is 0 Å². The van der Waals surface area contributed by atoms with Crippen LogP contribution in [0.5, 0.6) is 11.5 Å². The van der Waals surface area contributed by atoms with Crippen molar-refractivity contribution in [3.05, 3.63) is 90.6 Å². The molecule has 0 saturated carbocycles. The molecule has 7 nitrogen and oxygen atoms in total. The van der Waals surface area contributed by atoms with Gasteiger partial charge in [-0.3, -0.25) is 9.36 Å². The van der Waals surface area contributed by atoms with Gasteiger partial charge in [0.1, 0.15) is 0 Å². The highest BCUT2D eigenvalue weighted by Crippen LogP contribution is 2.31. The highest BCUT2D eigenvalue weighted by Gasteiger charge is 2.32. The number of para-hydroxylation sites is 1. The van der Waals surface area contributed by atoms with E-state index in [0.29, 0.717) is 31.9 Å². The number of rotatable bonds is 4. The molecular weight excluding hydrogens is 416 g/mol. The predicted molar refractivity (Wildman–Crippen MR) is 117 cm³/mol. The van der Waals surface area contributed by atoms with Crippen molar-refractivity contribution in [1.29, 1.82) is 0 Å². The van der Waals surface area contributed by atoms with E-state index < -0.39 is 12.0 Å². The van der Waals surface area contributed by atoms with Gasteiger partial charge in [0.25, 0.3) is 5.56 Å². The molecule has 0 spiro atoms. The normalized spacial score (nSPS) is 16.0. The Kier molecular flexibility index (Phi) is 5.48. The number of thiazole rings is 1. The van der Waals surface area contributed by atoms with E-state index in [-0.39, 0.29) is 11.3 Å². The van der Waals surface area contributed by atoms with Crippen LogP contribution >= 0.6 is 11.3 Å². The molecule has 4 rings (SSSR count). The SMILES string of the molecule is COC(=O)C1=C(C)N=c2s/c(=C\c3cccc(OC)c3O)c(=O)n2[C@H]1c1ccccc1. The quantitative estimate of drug-likeness (QED) is 0.633. The highest BCUT2D eigenvalue weighted by atomic mass is 32.1. The minimum Gasteiger partial charge on any atom is -0.504 e. The molecule has 2 aromatic carbocycles. The monoisotopic (exact) mass is 436 g/mol. The first-order valence-electron chi connectivity index (χ1n) is 9.48. The van der Waals surface area contributed by atoms with Crippen molar-refractivity contribution in [2.75, 3.05) is 14.2 Å². The maximum Gasteiger partial charge on any atom is 0.338 e. The second-order valence-corrected chi connectivity index (χ2v) is 7.89. The lowest BCUT2D eigenvalue weighted by molar-refractivity contribution is -0.136. The zero-order valence-corrected chi connectivity index (χ0v) is 18.0. The molecular formula is C23H20N2O5S. The van der Waals surface area contributed by atoms with E-state index in [1.54, 1.807) is 31.2 Å². The Labute approximate surface area is 181 Å². The molecule has 2 heterocycles.